The zero-order valence-corrected chi connectivity index (χ0v) is 22.9. The molecule has 0 N–H and O–H groups in total. The first-order valence-electron chi connectivity index (χ1n) is 8.98. The average Bonchev–Trinajstić information content (AvgIpc) is 3.39. The van der Waals surface area contributed by atoms with Crippen LogP contribution in [0.4, 0.5) is 0 Å². The van der Waals surface area contributed by atoms with Crippen molar-refractivity contribution in [2.24, 2.45) is 0 Å². The summed E-state index contributed by atoms with van der Waals surface area (Å²) in [5.74, 6) is 0.399. The van der Waals surface area contributed by atoms with Crippen molar-refractivity contribution in [3.63, 3.8) is 0 Å². The van der Waals surface area contributed by atoms with Crippen LogP contribution in [0.5, 0.6) is 0 Å². The van der Waals surface area contributed by atoms with Gasteiger partial charge in [-0.25, -0.2) is 0 Å². The van der Waals surface area contributed by atoms with Gasteiger partial charge in [0.2, 0.25) is 0 Å². The number of fused-ring (bicyclic) bond motifs is 6. The van der Waals surface area contributed by atoms with E-state index in [1.807, 2.05) is 0 Å². The summed E-state index contributed by atoms with van der Waals surface area (Å²) in [5, 5.41) is 5.39. The smallest absolute Gasteiger partial charge is 0.0771 e. The van der Waals surface area contributed by atoms with Gasteiger partial charge in [0.25, 0.3) is 0 Å². The van der Waals surface area contributed by atoms with E-state index in [9.17, 15) is 0 Å². The minimum Gasteiger partial charge on any atom is -0.813 e. The normalized spacial score (nSPS) is 15.5. The number of hydrogen-bond acceptors (Lipinski definition) is 2. The molecule has 0 spiro atoms. The van der Waals surface area contributed by atoms with E-state index in [2.05, 4.69) is 107 Å². The molecule has 0 fully saturated rings. The summed E-state index contributed by atoms with van der Waals surface area (Å²) in [6, 6.07) is 27.8. The summed E-state index contributed by atoms with van der Waals surface area (Å²) in [5.41, 5.74) is 2.74. The molecule has 1 aliphatic carbocycles. The van der Waals surface area contributed by atoms with Gasteiger partial charge in [-0.3, -0.25) is 0 Å². The van der Waals surface area contributed by atoms with Gasteiger partial charge >= 0.3 is 37.9 Å². The molecule has 0 nitrogen and oxygen atoms in total. The van der Waals surface area contributed by atoms with Crippen LogP contribution in [0.2, 0.25) is 0 Å². The number of thioether (sulfide) groups is 1. The third-order valence-electron chi connectivity index (χ3n) is 4.88. The fraction of sp³-hybridized carbons (Fsp3) is 0.0417. The molecule has 0 aromatic heterocycles. The van der Waals surface area contributed by atoms with E-state index in [0.29, 0.717) is 5.92 Å². The number of benzene rings is 3. The summed E-state index contributed by atoms with van der Waals surface area (Å²) in [6.07, 6.45) is 5.66. The summed E-state index contributed by atoms with van der Waals surface area (Å²) in [6.45, 7) is 0. The second kappa shape index (κ2) is 11.5. The van der Waals surface area contributed by atoms with E-state index in [0.717, 1.165) is 3.81 Å². The first kappa shape index (κ1) is 24.3. The Kier molecular flexibility index (Phi) is 9.31. The molecule has 1 aliphatic heterocycles. The summed E-state index contributed by atoms with van der Waals surface area (Å²) >= 11 is 4.42. The Bertz CT molecular complexity index is 1170. The summed E-state index contributed by atoms with van der Waals surface area (Å²) in [4.78, 5) is 1.40. The molecule has 1 heterocycles. The van der Waals surface area contributed by atoms with Crippen molar-refractivity contribution in [2.75, 3.05) is 0 Å². The van der Waals surface area contributed by atoms with Crippen molar-refractivity contribution in [1.82, 2.24) is 0 Å². The molecule has 6 heteroatoms. The van der Waals surface area contributed by atoms with Gasteiger partial charge in [0, 0.05) is 0 Å². The predicted octanol–water partition coefficient (Wildman–Crippen LogP) is 8.73. The SMILES string of the molecule is BrC1=[C-]C2C(=Cc3ccccc32)S1.[Cl][Zr][Cl].[SH-].c1ccc2c(c1)[cH-]c1ccccc12. The Balaban J connectivity index is 0.000000147. The van der Waals surface area contributed by atoms with Crippen LogP contribution in [0, 0.1) is 6.08 Å². The Morgan fingerprint density at radius 2 is 1.40 bits per heavy atom. The van der Waals surface area contributed by atoms with Crippen molar-refractivity contribution >= 4 is 85.8 Å². The monoisotopic (exact) mass is 607 g/mol. The molecular formula is C24H16BrCl2S2Zr-3. The van der Waals surface area contributed by atoms with Crippen LogP contribution in [-0.2, 0) is 34.3 Å². The van der Waals surface area contributed by atoms with Crippen molar-refractivity contribution in [1.29, 1.82) is 0 Å². The molecule has 0 saturated heterocycles. The van der Waals surface area contributed by atoms with Gasteiger partial charge in [-0.2, -0.15) is 0 Å². The van der Waals surface area contributed by atoms with Gasteiger partial charge in [-0.05, 0) is 16.5 Å². The van der Waals surface area contributed by atoms with Crippen LogP contribution in [-0.4, -0.2) is 0 Å². The molecule has 0 radical (unpaired) electrons. The summed E-state index contributed by atoms with van der Waals surface area (Å²) < 4.78 is 1.12. The average molecular weight is 611 g/mol. The van der Waals surface area contributed by atoms with Gasteiger partial charge in [0.1, 0.15) is 0 Å². The number of thiol groups is 1. The minimum absolute atomic E-state index is 0. The zero-order chi connectivity index (χ0) is 20.2. The second-order valence-electron chi connectivity index (χ2n) is 6.52. The number of rotatable bonds is 0. The van der Waals surface area contributed by atoms with E-state index in [1.165, 1.54) is 37.6 Å². The number of hydrogen-bond donors (Lipinski definition) is 0. The molecule has 6 rings (SSSR count). The standard InChI is InChI=1S/C13H9.C11H6BrS.2ClH.H2S.Zr/c1-3-7-12-10(5-1)9-11-6-2-4-8-13(11)12;12-11-6-9-8-4-2-1-3-7(8)5-10(9)13-11;;;;/h1-9H;1-5,9H;2*1H;1H2;/q2*-1;;;;+2/p-3. The van der Waals surface area contributed by atoms with E-state index in [1.54, 1.807) is 11.8 Å². The Morgan fingerprint density at radius 3 is 2.03 bits per heavy atom. The topological polar surface area (TPSA) is 0 Å². The fourth-order valence-electron chi connectivity index (χ4n) is 3.68. The van der Waals surface area contributed by atoms with Crippen molar-refractivity contribution in [3.8, 4) is 0 Å². The van der Waals surface area contributed by atoms with Crippen LogP contribution in [0.25, 0.3) is 27.6 Å². The maximum Gasteiger partial charge on any atom is -0.0771 e. The van der Waals surface area contributed by atoms with Crippen LogP contribution >= 0.6 is 44.7 Å². The maximum atomic E-state index is 4.93. The Morgan fingerprint density at radius 1 is 0.867 bits per heavy atom. The summed E-state index contributed by atoms with van der Waals surface area (Å²) in [7, 11) is 9.87. The molecule has 30 heavy (non-hydrogen) atoms. The van der Waals surface area contributed by atoms with Crippen molar-refractivity contribution in [2.45, 2.75) is 5.92 Å². The van der Waals surface area contributed by atoms with Crippen LogP contribution in [0.1, 0.15) is 17.0 Å². The number of halogens is 3. The molecule has 0 saturated carbocycles. The van der Waals surface area contributed by atoms with Gasteiger partial charge in [0.15, 0.2) is 0 Å². The molecule has 4 aromatic carbocycles. The number of allylic oxidation sites excluding steroid dienone is 2. The van der Waals surface area contributed by atoms with Gasteiger partial charge < -0.3 is 19.6 Å². The van der Waals surface area contributed by atoms with Gasteiger partial charge in [-0.1, -0.05) is 82.2 Å². The van der Waals surface area contributed by atoms with Crippen LogP contribution in [0.15, 0.2) is 87.6 Å². The van der Waals surface area contributed by atoms with Crippen molar-refractivity contribution < 1.29 is 20.8 Å². The predicted molar refractivity (Wildman–Crippen MR) is 138 cm³/mol. The van der Waals surface area contributed by atoms with E-state index >= 15 is 0 Å². The molecule has 1 atom stereocenters. The fourth-order valence-corrected chi connectivity index (χ4v) is 5.35. The Labute approximate surface area is 215 Å². The molecule has 2 aliphatic rings. The molecule has 1 unspecified atom stereocenters. The molecular weight excluding hydrogens is 594 g/mol. The van der Waals surface area contributed by atoms with E-state index < -0.39 is 20.8 Å². The van der Waals surface area contributed by atoms with E-state index in [4.69, 9.17) is 17.0 Å². The van der Waals surface area contributed by atoms with Gasteiger partial charge in [0.05, 0.1) is 0 Å². The molecule has 152 valence electrons. The first-order chi connectivity index (χ1) is 14.2. The van der Waals surface area contributed by atoms with E-state index in [-0.39, 0.29) is 13.5 Å². The molecule has 0 bridgehead atoms. The van der Waals surface area contributed by atoms with Crippen LogP contribution < -0.4 is 0 Å². The van der Waals surface area contributed by atoms with Crippen molar-refractivity contribution in [3.05, 3.63) is 105 Å². The third-order valence-corrected chi connectivity index (χ3v) is 6.48. The molecule has 4 aromatic rings. The van der Waals surface area contributed by atoms with Crippen LogP contribution in [0.3, 0.4) is 0 Å². The second-order valence-corrected chi connectivity index (χ2v) is 12.7. The first-order valence-corrected chi connectivity index (χ1v) is 16.9. The molecule has 0 amide bonds. The third kappa shape index (κ3) is 5.34. The quantitative estimate of drug-likeness (QED) is 0.111. The maximum absolute atomic E-state index is 4.93. The van der Waals surface area contributed by atoms with Gasteiger partial charge in [-0.15, -0.1) is 61.2 Å². The zero-order valence-electron chi connectivity index (χ0n) is 15.6. The largest absolute Gasteiger partial charge is 0.813 e. The minimum atomic E-state index is -0.826. The Hall–Kier alpha value is -0.347.